The SMILES string of the molecule is CC(C)n1c(Cn2cccn2)nc2cc(C#N)ccc21. The van der Waals surface area contributed by atoms with Gasteiger partial charge in [-0.25, -0.2) is 4.98 Å². The minimum absolute atomic E-state index is 0.304. The van der Waals surface area contributed by atoms with Crippen LogP contribution >= 0.6 is 0 Å². The predicted molar refractivity (Wildman–Crippen MR) is 76.2 cm³/mol. The minimum atomic E-state index is 0.304. The molecule has 5 heteroatoms. The molecule has 0 N–H and O–H groups in total. The molecular weight excluding hydrogens is 250 g/mol. The molecule has 0 saturated heterocycles. The van der Waals surface area contributed by atoms with Gasteiger partial charge < -0.3 is 4.57 Å². The second-order valence-corrected chi connectivity index (χ2v) is 5.01. The summed E-state index contributed by atoms with van der Waals surface area (Å²) in [7, 11) is 0. The first-order valence-electron chi connectivity index (χ1n) is 6.57. The monoisotopic (exact) mass is 265 g/mol. The van der Waals surface area contributed by atoms with Gasteiger partial charge in [-0.05, 0) is 38.1 Å². The van der Waals surface area contributed by atoms with Crippen LogP contribution in [0.4, 0.5) is 0 Å². The maximum atomic E-state index is 8.99. The van der Waals surface area contributed by atoms with Gasteiger partial charge in [0.25, 0.3) is 0 Å². The molecule has 0 amide bonds. The average Bonchev–Trinajstić information content (AvgIpc) is 3.04. The first-order chi connectivity index (χ1) is 9.69. The maximum Gasteiger partial charge on any atom is 0.131 e. The summed E-state index contributed by atoms with van der Waals surface area (Å²) in [5, 5.41) is 13.2. The van der Waals surface area contributed by atoms with E-state index >= 15 is 0 Å². The van der Waals surface area contributed by atoms with E-state index in [1.807, 2.05) is 35.1 Å². The lowest BCUT2D eigenvalue weighted by Crippen LogP contribution is -2.10. The van der Waals surface area contributed by atoms with Crippen molar-refractivity contribution in [2.75, 3.05) is 0 Å². The molecule has 0 atom stereocenters. The Morgan fingerprint density at radius 2 is 2.20 bits per heavy atom. The summed E-state index contributed by atoms with van der Waals surface area (Å²) in [4.78, 5) is 4.67. The van der Waals surface area contributed by atoms with Crippen molar-refractivity contribution in [1.29, 1.82) is 5.26 Å². The van der Waals surface area contributed by atoms with Crippen LogP contribution < -0.4 is 0 Å². The maximum absolute atomic E-state index is 8.99. The number of fused-ring (bicyclic) bond motifs is 1. The Balaban J connectivity index is 2.15. The molecule has 2 heterocycles. The Kier molecular flexibility index (Phi) is 2.99. The number of hydrogen-bond donors (Lipinski definition) is 0. The van der Waals surface area contributed by atoms with E-state index in [2.05, 4.69) is 34.6 Å². The molecule has 3 aromatic rings. The fraction of sp³-hybridized carbons (Fsp3) is 0.267. The molecule has 0 aliphatic rings. The van der Waals surface area contributed by atoms with Crippen LogP contribution in [0.3, 0.4) is 0 Å². The third-order valence-electron chi connectivity index (χ3n) is 3.27. The molecule has 0 fully saturated rings. The highest BCUT2D eigenvalue weighted by Gasteiger charge is 2.14. The first-order valence-corrected chi connectivity index (χ1v) is 6.57. The molecule has 2 aromatic heterocycles. The second-order valence-electron chi connectivity index (χ2n) is 5.01. The van der Waals surface area contributed by atoms with E-state index in [0.29, 0.717) is 18.2 Å². The lowest BCUT2D eigenvalue weighted by Gasteiger charge is -2.13. The summed E-state index contributed by atoms with van der Waals surface area (Å²) in [6.07, 6.45) is 3.68. The molecule has 1 aromatic carbocycles. The summed E-state index contributed by atoms with van der Waals surface area (Å²) < 4.78 is 4.05. The lowest BCUT2D eigenvalue weighted by molar-refractivity contribution is 0.551. The fourth-order valence-corrected chi connectivity index (χ4v) is 2.44. The van der Waals surface area contributed by atoms with Crippen LogP contribution in [0.2, 0.25) is 0 Å². The van der Waals surface area contributed by atoms with Gasteiger partial charge in [0.15, 0.2) is 0 Å². The third-order valence-corrected chi connectivity index (χ3v) is 3.27. The van der Waals surface area contributed by atoms with Gasteiger partial charge in [-0.1, -0.05) is 0 Å². The third kappa shape index (κ3) is 2.05. The largest absolute Gasteiger partial charge is 0.324 e. The standard InChI is InChI=1S/C15H15N5/c1-11(2)20-14-5-4-12(9-16)8-13(14)18-15(20)10-19-7-3-6-17-19/h3-8,11H,10H2,1-2H3. The zero-order valence-corrected chi connectivity index (χ0v) is 11.5. The number of rotatable bonds is 3. The Bertz CT molecular complexity index is 775. The molecule has 0 unspecified atom stereocenters. The van der Waals surface area contributed by atoms with Gasteiger partial charge in [0.2, 0.25) is 0 Å². The van der Waals surface area contributed by atoms with E-state index in [0.717, 1.165) is 16.9 Å². The number of nitrogens with zero attached hydrogens (tertiary/aromatic N) is 5. The van der Waals surface area contributed by atoms with Gasteiger partial charge in [0, 0.05) is 18.4 Å². The van der Waals surface area contributed by atoms with E-state index in [4.69, 9.17) is 5.26 Å². The van der Waals surface area contributed by atoms with Crippen LogP contribution in [0.5, 0.6) is 0 Å². The van der Waals surface area contributed by atoms with Crippen LogP contribution in [-0.4, -0.2) is 19.3 Å². The molecule has 3 rings (SSSR count). The highest BCUT2D eigenvalue weighted by molar-refractivity contribution is 5.78. The molecular formula is C15H15N5. The average molecular weight is 265 g/mol. The molecule has 0 radical (unpaired) electrons. The second kappa shape index (κ2) is 4.82. The Hall–Kier alpha value is -2.61. The van der Waals surface area contributed by atoms with Gasteiger partial charge in [0.05, 0.1) is 29.2 Å². The van der Waals surface area contributed by atoms with Crippen molar-refractivity contribution in [2.24, 2.45) is 0 Å². The number of hydrogen-bond acceptors (Lipinski definition) is 3. The predicted octanol–water partition coefficient (Wildman–Crippen LogP) is 2.73. The minimum Gasteiger partial charge on any atom is -0.324 e. The van der Waals surface area contributed by atoms with Crippen molar-refractivity contribution in [1.82, 2.24) is 19.3 Å². The van der Waals surface area contributed by atoms with Crippen LogP contribution in [0, 0.1) is 11.3 Å². The van der Waals surface area contributed by atoms with Gasteiger partial charge in [-0.3, -0.25) is 4.68 Å². The summed E-state index contributed by atoms with van der Waals surface area (Å²) in [5.74, 6) is 0.953. The van der Waals surface area contributed by atoms with Crippen molar-refractivity contribution in [3.63, 3.8) is 0 Å². The van der Waals surface area contributed by atoms with Crippen LogP contribution in [0.15, 0.2) is 36.7 Å². The highest BCUT2D eigenvalue weighted by atomic mass is 15.3. The Labute approximate surface area is 117 Å². The topological polar surface area (TPSA) is 59.4 Å². The smallest absolute Gasteiger partial charge is 0.131 e. The molecule has 20 heavy (non-hydrogen) atoms. The van der Waals surface area contributed by atoms with E-state index in [-0.39, 0.29) is 0 Å². The zero-order chi connectivity index (χ0) is 14.1. The number of nitriles is 1. The Morgan fingerprint density at radius 3 is 2.85 bits per heavy atom. The highest BCUT2D eigenvalue weighted by Crippen LogP contribution is 2.22. The fourth-order valence-electron chi connectivity index (χ4n) is 2.44. The Morgan fingerprint density at radius 1 is 1.35 bits per heavy atom. The van der Waals surface area contributed by atoms with Crippen LogP contribution in [0.25, 0.3) is 11.0 Å². The normalized spacial score (nSPS) is 11.1. The molecule has 0 aliphatic heterocycles. The quantitative estimate of drug-likeness (QED) is 0.731. The number of benzene rings is 1. The van der Waals surface area contributed by atoms with E-state index in [1.165, 1.54) is 0 Å². The van der Waals surface area contributed by atoms with Crippen LogP contribution in [0.1, 0.15) is 31.3 Å². The van der Waals surface area contributed by atoms with Crippen LogP contribution in [-0.2, 0) is 6.54 Å². The molecule has 0 bridgehead atoms. The lowest BCUT2D eigenvalue weighted by atomic mass is 10.2. The number of aromatic nitrogens is 4. The van der Waals surface area contributed by atoms with E-state index in [1.54, 1.807) is 6.20 Å². The van der Waals surface area contributed by atoms with Gasteiger partial charge in [-0.15, -0.1) is 0 Å². The molecule has 100 valence electrons. The summed E-state index contributed by atoms with van der Waals surface area (Å²) >= 11 is 0. The van der Waals surface area contributed by atoms with Crippen molar-refractivity contribution in [2.45, 2.75) is 26.4 Å². The molecule has 0 saturated carbocycles. The first kappa shape index (κ1) is 12.4. The van der Waals surface area contributed by atoms with Crippen molar-refractivity contribution < 1.29 is 0 Å². The summed E-state index contributed by atoms with van der Waals surface area (Å²) in [5.41, 5.74) is 2.55. The number of imidazole rings is 1. The van der Waals surface area contributed by atoms with Crippen molar-refractivity contribution in [3.05, 3.63) is 48.0 Å². The molecule has 0 aliphatic carbocycles. The van der Waals surface area contributed by atoms with Crippen molar-refractivity contribution >= 4 is 11.0 Å². The van der Waals surface area contributed by atoms with Gasteiger partial charge in [0.1, 0.15) is 5.82 Å². The van der Waals surface area contributed by atoms with Gasteiger partial charge in [-0.2, -0.15) is 10.4 Å². The summed E-state index contributed by atoms with van der Waals surface area (Å²) in [6.45, 7) is 4.89. The van der Waals surface area contributed by atoms with Gasteiger partial charge >= 0.3 is 0 Å². The van der Waals surface area contributed by atoms with E-state index in [9.17, 15) is 0 Å². The zero-order valence-electron chi connectivity index (χ0n) is 11.5. The molecule has 0 spiro atoms. The van der Waals surface area contributed by atoms with E-state index < -0.39 is 0 Å². The van der Waals surface area contributed by atoms with Crippen molar-refractivity contribution in [3.8, 4) is 6.07 Å². The molecule has 5 nitrogen and oxygen atoms in total. The summed E-state index contributed by atoms with van der Waals surface area (Å²) in [6, 6.07) is 9.99.